The van der Waals surface area contributed by atoms with Crippen molar-refractivity contribution in [1.29, 1.82) is 0 Å². The Kier molecular flexibility index (Phi) is 6.63. The summed E-state index contributed by atoms with van der Waals surface area (Å²) in [5, 5.41) is 5.21. The van der Waals surface area contributed by atoms with Crippen molar-refractivity contribution in [3.8, 4) is 0 Å². The highest BCUT2D eigenvalue weighted by Gasteiger charge is 2.58. The lowest BCUT2D eigenvalue weighted by Gasteiger charge is -2.35. The number of benzene rings is 1. The molecule has 10 nitrogen and oxygen atoms in total. The average molecular weight is 499 g/mol. The summed E-state index contributed by atoms with van der Waals surface area (Å²) < 4.78 is 11.2. The van der Waals surface area contributed by atoms with Crippen LogP contribution in [0.2, 0.25) is 0 Å². The molecule has 5 rings (SSSR count). The molecule has 1 aromatic carbocycles. The van der Waals surface area contributed by atoms with E-state index in [2.05, 4.69) is 17.6 Å². The first-order valence-electron chi connectivity index (χ1n) is 12.9. The van der Waals surface area contributed by atoms with Crippen molar-refractivity contribution in [3.63, 3.8) is 0 Å². The van der Waals surface area contributed by atoms with E-state index in [1.165, 1.54) is 7.05 Å². The summed E-state index contributed by atoms with van der Waals surface area (Å²) >= 11 is 0. The SMILES string of the molecule is CNC(=O)Nc1ccc2c(c1)CC[C@@]21OC(=O)N(CC(=O)N(CC2CCOCC2)[C@@H](C)C2CC2)C1=O. The fraction of sp³-hybridized carbons (Fsp3) is 0.615. The minimum atomic E-state index is -1.41. The van der Waals surface area contributed by atoms with Gasteiger partial charge in [0.1, 0.15) is 6.54 Å². The maximum Gasteiger partial charge on any atom is 0.418 e. The third-order valence-corrected chi connectivity index (χ3v) is 8.05. The lowest BCUT2D eigenvalue weighted by atomic mass is 9.94. The molecule has 0 unspecified atom stereocenters. The molecule has 2 N–H and O–H groups in total. The summed E-state index contributed by atoms with van der Waals surface area (Å²) in [4.78, 5) is 54.5. The molecule has 2 saturated heterocycles. The van der Waals surface area contributed by atoms with Gasteiger partial charge in [-0.25, -0.2) is 14.5 Å². The smallest absolute Gasteiger partial charge is 0.418 e. The summed E-state index contributed by atoms with van der Waals surface area (Å²) in [5.41, 5.74) is 0.628. The van der Waals surface area contributed by atoms with Crippen molar-refractivity contribution in [1.82, 2.24) is 15.1 Å². The van der Waals surface area contributed by atoms with Crippen molar-refractivity contribution in [2.24, 2.45) is 11.8 Å². The van der Waals surface area contributed by atoms with Crippen LogP contribution in [0.1, 0.15) is 50.2 Å². The topological polar surface area (TPSA) is 117 Å². The number of nitrogens with one attached hydrogen (secondary N) is 2. The zero-order valence-electron chi connectivity index (χ0n) is 20.9. The Hall–Kier alpha value is -3.14. The van der Waals surface area contributed by atoms with E-state index in [-0.39, 0.29) is 24.5 Å². The van der Waals surface area contributed by atoms with Crippen LogP contribution < -0.4 is 10.6 Å². The van der Waals surface area contributed by atoms with Crippen LogP contribution in [0, 0.1) is 11.8 Å². The molecule has 1 aromatic rings. The quantitative estimate of drug-likeness (QED) is 0.597. The van der Waals surface area contributed by atoms with Gasteiger partial charge in [0.25, 0.3) is 5.91 Å². The van der Waals surface area contributed by atoms with Crippen LogP contribution in [0.4, 0.5) is 15.3 Å². The van der Waals surface area contributed by atoms with E-state index in [0.29, 0.717) is 55.7 Å². The molecule has 1 saturated carbocycles. The van der Waals surface area contributed by atoms with Gasteiger partial charge in [0.15, 0.2) is 0 Å². The van der Waals surface area contributed by atoms with Crippen LogP contribution in [0.15, 0.2) is 18.2 Å². The number of hydrogen-bond donors (Lipinski definition) is 2. The summed E-state index contributed by atoms with van der Waals surface area (Å²) in [6.45, 7) is 3.77. The van der Waals surface area contributed by atoms with Crippen LogP contribution in [-0.2, 0) is 31.1 Å². The summed E-state index contributed by atoms with van der Waals surface area (Å²) in [5.74, 6) is 0.125. The second-order valence-corrected chi connectivity index (χ2v) is 10.3. The predicted molar refractivity (Wildman–Crippen MR) is 130 cm³/mol. The molecular weight excluding hydrogens is 464 g/mol. The third-order valence-electron chi connectivity index (χ3n) is 8.05. The van der Waals surface area contributed by atoms with Gasteiger partial charge in [-0.05, 0) is 68.6 Å². The minimum absolute atomic E-state index is 0.0708. The first-order valence-corrected chi connectivity index (χ1v) is 12.9. The van der Waals surface area contributed by atoms with Crippen LogP contribution in [-0.4, -0.2) is 73.1 Å². The van der Waals surface area contributed by atoms with Crippen LogP contribution >= 0.6 is 0 Å². The Morgan fingerprint density at radius 1 is 1.19 bits per heavy atom. The number of rotatable bonds is 7. The lowest BCUT2D eigenvalue weighted by molar-refractivity contribution is -0.143. The van der Waals surface area contributed by atoms with Gasteiger partial charge >= 0.3 is 12.1 Å². The van der Waals surface area contributed by atoms with Crippen LogP contribution in [0.5, 0.6) is 0 Å². The average Bonchev–Trinajstić information content (AvgIpc) is 3.63. The molecule has 36 heavy (non-hydrogen) atoms. The molecule has 4 aliphatic rings. The van der Waals surface area contributed by atoms with E-state index in [4.69, 9.17) is 9.47 Å². The number of carbonyl (C=O) groups is 4. The van der Waals surface area contributed by atoms with Gasteiger partial charge < -0.3 is 25.0 Å². The van der Waals surface area contributed by atoms with Crippen molar-refractivity contribution >= 4 is 29.6 Å². The van der Waals surface area contributed by atoms with E-state index in [1.54, 1.807) is 18.2 Å². The highest BCUT2D eigenvalue weighted by atomic mass is 16.6. The number of fused-ring (bicyclic) bond motifs is 2. The van der Waals surface area contributed by atoms with Crippen molar-refractivity contribution in [3.05, 3.63) is 29.3 Å². The molecule has 2 aliphatic carbocycles. The molecule has 5 amide bonds. The molecule has 3 fully saturated rings. The fourth-order valence-corrected chi connectivity index (χ4v) is 5.69. The molecule has 1 spiro atoms. The second kappa shape index (κ2) is 9.72. The Morgan fingerprint density at radius 3 is 2.64 bits per heavy atom. The summed E-state index contributed by atoms with van der Waals surface area (Å²) in [7, 11) is 1.53. The Morgan fingerprint density at radius 2 is 1.94 bits per heavy atom. The van der Waals surface area contributed by atoms with E-state index < -0.39 is 17.6 Å². The zero-order chi connectivity index (χ0) is 25.4. The first kappa shape index (κ1) is 24.5. The maximum absolute atomic E-state index is 13.6. The Labute approximate surface area is 210 Å². The highest BCUT2D eigenvalue weighted by Crippen LogP contribution is 2.46. The molecule has 2 heterocycles. The first-order chi connectivity index (χ1) is 17.3. The largest absolute Gasteiger partial charge is 0.427 e. The number of ether oxygens (including phenoxy) is 2. The van der Waals surface area contributed by atoms with Crippen LogP contribution in [0.25, 0.3) is 0 Å². The zero-order valence-corrected chi connectivity index (χ0v) is 20.9. The number of nitrogens with zero attached hydrogens (tertiary/aromatic N) is 2. The van der Waals surface area contributed by atoms with Crippen molar-refractivity contribution < 1.29 is 28.7 Å². The number of urea groups is 1. The maximum atomic E-state index is 13.6. The van der Waals surface area contributed by atoms with Gasteiger partial charge in [-0.1, -0.05) is 6.07 Å². The van der Waals surface area contributed by atoms with E-state index in [9.17, 15) is 19.2 Å². The van der Waals surface area contributed by atoms with Crippen molar-refractivity contribution in [2.45, 2.75) is 57.1 Å². The van der Waals surface area contributed by atoms with Gasteiger partial charge in [0.2, 0.25) is 11.5 Å². The van der Waals surface area contributed by atoms with Gasteiger partial charge in [-0.15, -0.1) is 0 Å². The molecule has 0 aromatic heterocycles. The van der Waals surface area contributed by atoms with Crippen molar-refractivity contribution in [2.75, 3.05) is 38.7 Å². The van der Waals surface area contributed by atoms with Gasteiger partial charge in [-0.3, -0.25) is 9.59 Å². The number of hydrogen-bond acceptors (Lipinski definition) is 6. The highest BCUT2D eigenvalue weighted by molar-refractivity contribution is 6.06. The molecular formula is C26H34N4O6. The number of anilines is 1. The van der Waals surface area contributed by atoms with E-state index in [0.717, 1.165) is 36.1 Å². The summed E-state index contributed by atoms with van der Waals surface area (Å²) in [6.07, 6.45) is 4.06. The molecule has 2 aliphatic heterocycles. The van der Waals surface area contributed by atoms with E-state index in [1.807, 2.05) is 4.90 Å². The number of imide groups is 1. The Bertz CT molecular complexity index is 1070. The molecule has 2 atom stereocenters. The van der Waals surface area contributed by atoms with Crippen LogP contribution in [0.3, 0.4) is 0 Å². The molecule has 194 valence electrons. The predicted octanol–water partition coefficient (Wildman–Crippen LogP) is 2.61. The van der Waals surface area contributed by atoms with Gasteiger partial charge in [-0.2, -0.15) is 0 Å². The van der Waals surface area contributed by atoms with Gasteiger partial charge in [0.05, 0.1) is 0 Å². The molecule has 10 heteroatoms. The van der Waals surface area contributed by atoms with Gasteiger partial charge in [0, 0.05) is 50.5 Å². The van der Waals surface area contributed by atoms with E-state index >= 15 is 0 Å². The summed E-state index contributed by atoms with van der Waals surface area (Å²) in [6, 6.07) is 4.92. The number of carbonyl (C=O) groups excluding carboxylic acids is 4. The number of aryl methyl sites for hydroxylation is 1. The Balaban J connectivity index is 1.32. The second-order valence-electron chi connectivity index (χ2n) is 10.3. The molecule has 0 bridgehead atoms. The third kappa shape index (κ3) is 4.54. The fourth-order valence-electron chi connectivity index (χ4n) is 5.69. The monoisotopic (exact) mass is 498 g/mol. The normalized spacial score (nSPS) is 24.4. The molecule has 0 radical (unpaired) electrons. The standard InChI is InChI=1S/C26H34N4O6/c1-16(18-3-4-18)29(14-17-8-11-35-12-9-17)22(31)15-30-23(32)26(36-25(30)34)10-7-19-13-20(5-6-21(19)26)28-24(33)27-2/h5-6,13,16-18H,3-4,7-12,14-15H2,1-2H3,(H2,27,28,33)/t16-,26+/m0/s1. The number of amides is 5. The minimum Gasteiger partial charge on any atom is -0.427 e. The lowest BCUT2D eigenvalue weighted by Crippen LogP contribution is -2.49.